The van der Waals surface area contributed by atoms with Crippen molar-refractivity contribution in [3.8, 4) is 0 Å². The van der Waals surface area contributed by atoms with Gasteiger partial charge >= 0.3 is 0 Å². The van der Waals surface area contributed by atoms with E-state index in [2.05, 4.69) is 5.32 Å². The van der Waals surface area contributed by atoms with E-state index in [1.165, 1.54) is 0 Å². The molecule has 0 aliphatic heterocycles. The van der Waals surface area contributed by atoms with Crippen LogP contribution in [0.5, 0.6) is 0 Å². The third-order valence-corrected chi connectivity index (χ3v) is 4.30. The molecule has 3 N–H and O–H groups in total. The third kappa shape index (κ3) is 3.40. The van der Waals surface area contributed by atoms with Crippen LogP contribution in [0.2, 0.25) is 0 Å². The van der Waals surface area contributed by atoms with Gasteiger partial charge in [-0.3, -0.25) is 4.21 Å². The number of rotatable bonds is 5. The molecule has 1 rings (SSSR count). The molecular weight excluding hydrogens is 216 g/mol. The van der Waals surface area contributed by atoms with Crippen molar-refractivity contribution in [2.75, 3.05) is 18.5 Å². The fourth-order valence-corrected chi connectivity index (χ4v) is 2.12. The molecule has 80 valence electrons. The van der Waals surface area contributed by atoms with Crippen molar-refractivity contribution in [3.63, 3.8) is 0 Å². The Morgan fingerprint density at radius 3 is 2.93 bits per heavy atom. The predicted molar refractivity (Wildman–Crippen MR) is 64.0 cm³/mol. The zero-order valence-corrected chi connectivity index (χ0v) is 10.1. The first-order chi connectivity index (χ1) is 6.61. The van der Waals surface area contributed by atoms with Crippen molar-refractivity contribution in [1.29, 1.82) is 0 Å². The van der Waals surface area contributed by atoms with Crippen LogP contribution in [0.25, 0.3) is 0 Å². The number of nitrogens with two attached hydrogens (primary N) is 1. The number of anilines is 1. The van der Waals surface area contributed by atoms with E-state index in [0.717, 1.165) is 23.7 Å². The highest BCUT2D eigenvalue weighted by atomic mass is 32.2. The summed E-state index contributed by atoms with van der Waals surface area (Å²) >= 11 is 1.65. The van der Waals surface area contributed by atoms with Gasteiger partial charge in [-0.05, 0) is 18.4 Å². The zero-order valence-electron chi connectivity index (χ0n) is 8.45. The minimum absolute atomic E-state index is 0.191. The maximum absolute atomic E-state index is 11.1. The molecule has 0 saturated carbocycles. The highest BCUT2D eigenvalue weighted by molar-refractivity contribution is 7.84. The Hall–Kier alpha value is -0.390. The molecule has 0 aliphatic carbocycles. The first-order valence-corrected chi connectivity index (χ1v) is 6.96. The lowest BCUT2D eigenvalue weighted by Gasteiger charge is -2.09. The van der Waals surface area contributed by atoms with Crippen LogP contribution in [0.1, 0.15) is 11.8 Å². The Labute approximate surface area is 91.2 Å². The van der Waals surface area contributed by atoms with Gasteiger partial charge in [-0.15, -0.1) is 11.3 Å². The lowest BCUT2D eigenvalue weighted by molar-refractivity contribution is 0.650. The molecule has 1 aromatic rings. The molecular formula is C9H16N2OS2. The van der Waals surface area contributed by atoms with Crippen molar-refractivity contribution in [1.82, 2.24) is 5.32 Å². The van der Waals surface area contributed by atoms with Gasteiger partial charge in [-0.25, -0.2) is 0 Å². The van der Waals surface area contributed by atoms with E-state index >= 15 is 0 Å². The quantitative estimate of drug-likeness (QED) is 0.802. The molecule has 2 atom stereocenters. The van der Waals surface area contributed by atoms with Crippen LogP contribution >= 0.6 is 11.3 Å². The van der Waals surface area contributed by atoms with Crippen molar-refractivity contribution in [3.05, 3.63) is 16.3 Å². The molecule has 1 aromatic heterocycles. The lowest BCUT2D eigenvalue weighted by atomic mass is 10.4. The molecule has 0 aliphatic rings. The third-order valence-electron chi connectivity index (χ3n) is 2.06. The van der Waals surface area contributed by atoms with Gasteiger partial charge in [-0.2, -0.15) is 0 Å². The van der Waals surface area contributed by atoms with Crippen LogP contribution < -0.4 is 11.1 Å². The topological polar surface area (TPSA) is 55.1 Å². The van der Waals surface area contributed by atoms with E-state index in [1.807, 2.05) is 18.4 Å². The second kappa shape index (κ2) is 5.48. The van der Waals surface area contributed by atoms with Crippen molar-refractivity contribution < 1.29 is 4.21 Å². The first kappa shape index (κ1) is 11.7. The summed E-state index contributed by atoms with van der Waals surface area (Å²) < 4.78 is 11.1. The summed E-state index contributed by atoms with van der Waals surface area (Å²) in [5.74, 6) is 0. The summed E-state index contributed by atoms with van der Waals surface area (Å²) in [5, 5.41) is 5.42. The Bertz CT molecular complexity index is 312. The van der Waals surface area contributed by atoms with Crippen LogP contribution in [-0.4, -0.2) is 22.3 Å². The fraction of sp³-hybridized carbons (Fsp3) is 0.556. The van der Waals surface area contributed by atoms with Gasteiger partial charge in [0.15, 0.2) is 0 Å². The molecule has 0 radical (unpaired) electrons. The fourth-order valence-electron chi connectivity index (χ4n) is 1.00. The monoisotopic (exact) mass is 232 g/mol. The van der Waals surface area contributed by atoms with Gasteiger partial charge in [0.25, 0.3) is 0 Å². The summed E-state index contributed by atoms with van der Waals surface area (Å²) in [6, 6.07) is 1.91. The van der Waals surface area contributed by atoms with Crippen LogP contribution in [0.3, 0.4) is 0 Å². The second-order valence-electron chi connectivity index (χ2n) is 3.24. The lowest BCUT2D eigenvalue weighted by Crippen LogP contribution is -2.27. The summed E-state index contributed by atoms with van der Waals surface area (Å²) in [6.07, 6.45) is 1.73. The van der Waals surface area contributed by atoms with Crippen LogP contribution in [0.4, 0.5) is 5.69 Å². The van der Waals surface area contributed by atoms with Gasteiger partial charge in [0.05, 0.1) is 0 Å². The van der Waals surface area contributed by atoms with Gasteiger partial charge in [0.1, 0.15) is 0 Å². The van der Waals surface area contributed by atoms with E-state index in [-0.39, 0.29) is 5.25 Å². The molecule has 0 saturated heterocycles. The SMILES string of the molecule is CC(CNCc1sccc1N)S(C)=O. The first-order valence-electron chi connectivity index (χ1n) is 4.46. The largest absolute Gasteiger partial charge is 0.398 e. The van der Waals surface area contributed by atoms with Gasteiger partial charge in [0, 0.05) is 46.0 Å². The molecule has 3 nitrogen and oxygen atoms in total. The van der Waals surface area contributed by atoms with E-state index < -0.39 is 10.8 Å². The standard InChI is InChI=1S/C9H16N2OS2/c1-7(14(2)12)5-11-6-9-8(10)3-4-13-9/h3-4,7,11H,5-6,10H2,1-2H3. The molecule has 0 spiro atoms. The predicted octanol–water partition coefficient (Wildman–Crippen LogP) is 1.19. The maximum atomic E-state index is 11.1. The Morgan fingerprint density at radius 2 is 2.43 bits per heavy atom. The molecule has 0 amide bonds. The molecule has 0 aromatic carbocycles. The average molecular weight is 232 g/mol. The Morgan fingerprint density at radius 1 is 1.71 bits per heavy atom. The minimum Gasteiger partial charge on any atom is -0.398 e. The van der Waals surface area contributed by atoms with Crippen molar-refractivity contribution in [2.45, 2.75) is 18.7 Å². The summed E-state index contributed by atoms with van der Waals surface area (Å²) in [7, 11) is -0.754. The van der Waals surface area contributed by atoms with Gasteiger partial charge in [-0.1, -0.05) is 0 Å². The van der Waals surface area contributed by atoms with Crippen molar-refractivity contribution in [2.24, 2.45) is 0 Å². The molecule has 14 heavy (non-hydrogen) atoms. The van der Waals surface area contributed by atoms with Crippen LogP contribution in [0, 0.1) is 0 Å². The highest BCUT2D eigenvalue weighted by Gasteiger charge is 2.06. The van der Waals surface area contributed by atoms with E-state index in [1.54, 1.807) is 17.6 Å². The number of nitrogen functional groups attached to an aromatic ring is 1. The summed E-state index contributed by atoms with van der Waals surface area (Å²) in [4.78, 5) is 1.15. The normalized spacial score (nSPS) is 15.3. The van der Waals surface area contributed by atoms with Gasteiger partial charge in [0.2, 0.25) is 0 Å². The van der Waals surface area contributed by atoms with E-state index in [9.17, 15) is 4.21 Å². The summed E-state index contributed by atoms with van der Waals surface area (Å²) in [5.41, 5.74) is 6.57. The number of thiophene rings is 1. The van der Waals surface area contributed by atoms with Crippen LogP contribution in [-0.2, 0) is 17.3 Å². The highest BCUT2D eigenvalue weighted by Crippen LogP contribution is 2.17. The summed E-state index contributed by atoms with van der Waals surface area (Å²) in [6.45, 7) is 3.51. The Kier molecular flexibility index (Phi) is 4.57. The Balaban J connectivity index is 2.29. The van der Waals surface area contributed by atoms with E-state index in [4.69, 9.17) is 5.73 Å². The zero-order chi connectivity index (χ0) is 10.6. The number of hydrogen-bond donors (Lipinski definition) is 2. The smallest absolute Gasteiger partial charge is 0.0468 e. The van der Waals surface area contributed by atoms with Crippen molar-refractivity contribution >= 4 is 27.8 Å². The number of nitrogens with one attached hydrogen (secondary N) is 1. The van der Waals surface area contributed by atoms with E-state index in [0.29, 0.717) is 0 Å². The second-order valence-corrected chi connectivity index (χ2v) is 6.04. The molecule has 5 heteroatoms. The molecule has 1 heterocycles. The van der Waals surface area contributed by atoms with Gasteiger partial charge < -0.3 is 11.1 Å². The average Bonchev–Trinajstić information content (AvgIpc) is 2.51. The number of hydrogen-bond acceptors (Lipinski definition) is 4. The minimum atomic E-state index is -0.754. The maximum Gasteiger partial charge on any atom is 0.0468 e. The molecule has 0 bridgehead atoms. The van der Waals surface area contributed by atoms with Crippen LogP contribution in [0.15, 0.2) is 11.4 Å². The molecule has 0 fully saturated rings. The molecule has 2 unspecified atom stereocenters.